The highest BCUT2D eigenvalue weighted by Crippen LogP contribution is 2.20. The molecule has 3 nitrogen and oxygen atoms in total. The number of halogens is 2. The zero-order chi connectivity index (χ0) is 14.5. The maximum Gasteiger partial charge on any atom is 0.176 e. The van der Waals surface area contributed by atoms with Crippen molar-refractivity contribution in [2.75, 3.05) is 19.7 Å². The standard InChI is InChI=1S/C15H19F2NO2/c16-13-5-4-11(9-14(13)17)15(20)10-18-7-2-1-3-12(18)6-8-19/h4-5,9,12,19H,1-3,6-8,10H2. The normalized spacial score (nSPS) is 20.1. The summed E-state index contributed by atoms with van der Waals surface area (Å²) in [6.45, 7) is 1.09. The zero-order valence-electron chi connectivity index (χ0n) is 11.3. The van der Waals surface area contributed by atoms with Crippen molar-refractivity contribution in [2.24, 2.45) is 0 Å². The molecule has 0 spiro atoms. The number of rotatable bonds is 5. The van der Waals surface area contributed by atoms with Crippen LogP contribution in [0, 0.1) is 11.6 Å². The molecule has 0 bridgehead atoms. The summed E-state index contributed by atoms with van der Waals surface area (Å²) in [7, 11) is 0. The van der Waals surface area contributed by atoms with Crippen LogP contribution in [-0.4, -0.2) is 41.5 Å². The maximum atomic E-state index is 13.1. The first-order valence-electron chi connectivity index (χ1n) is 6.95. The van der Waals surface area contributed by atoms with Gasteiger partial charge in [-0.15, -0.1) is 0 Å². The first-order valence-corrected chi connectivity index (χ1v) is 6.95. The highest BCUT2D eigenvalue weighted by atomic mass is 19.2. The summed E-state index contributed by atoms with van der Waals surface area (Å²) in [5, 5.41) is 9.05. The van der Waals surface area contributed by atoms with E-state index < -0.39 is 11.6 Å². The fraction of sp³-hybridized carbons (Fsp3) is 0.533. The summed E-state index contributed by atoms with van der Waals surface area (Å²) < 4.78 is 26.0. The molecule has 0 aliphatic carbocycles. The Balaban J connectivity index is 2.03. The van der Waals surface area contributed by atoms with Gasteiger partial charge in [0.1, 0.15) is 0 Å². The van der Waals surface area contributed by atoms with Crippen LogP contribution < -0.4 is 0 Å². The van der Waals surface area contributed by atoms with Gasteiger partial charge in [-0.25, -0.2) is 8.78 Å². The molecule has 0 aromatic heterocycles. The minimum absolute atomic E-state index is 0.0978. The van der Waals surface area contributed by atoms with E-state index in [-0.39, 0.29) is 30.5 Å². The van der Waals surface area contributed by atoms with E-state index >= 15 is 0 Å². The highest BCUT2D eigenvalue weighted by Gasteiger charge is 2.24. The van der Waals surface area contributed by atoms with Gasteiger partial charge in [0.05, 0.1) is 6.54 Å². The minimum atomic E-state index is -0.999. The Labute approximate surface area is 117 Å². The molecule has 0 radical (unpaired) electrons. The molecule has 0 amide bonds. The Morgan fingerprint density at radius 2 is 2.10 bits per heavy atom. The summed E-state index contributed by atoms with van der Waals surface area (Å²) in [5.74, 6) is -2.16. The number of hydrogen-bond donors (Lipinski definition) is 1. The molecular weight excluding hydrogens is 264 g/mol. The SMILES string of the molecule is O=C(CN1CCCCC1CCO)c1ccc(F)c(F)c1. The molecule has 1 aromatic rings. The molecule has 1 N–H and O–H groups in total. The minimum Gasteiger partial charge on any atom is -0.396 e. The second-order valence-electron chi connectivity index (χ2n) is 5.18. The number of carbonyl (C=O) groups is 1. The summed E-state index contributed by atoms with van der Waals surface area (Å²) >= 11 is 0. The van der Waals surface area contributed by atoms with Gasteiger partial charge in [0.25, 0.3) is 0 Å². The Bertz CT molecular complexity index is 477. The quantitative estimate of drug-likeness (QED) is 0.844. The summed E-state index contributed by atoms with van der Waals surface area (Å²) in [6.07, 6.45) is 3.73. The molecule has 20 heavy (non-hydrogen) atoms. The molecule has 1 aliphatic heterocycles. The average Bonchev–Trinajstić information content (AvgIpc) is 2.44. The lowest BCUT2D eigenvalue weighted by Crippen LogP contribution is -2.43. The van der Waals surface area contributed by atoms with E-state index in [1.165, 1.54) is 6.07 Å². The Morgan fingerprint density at radius 3 is 2.80 bits per heavy atom. The van der Waals surface area contributed by atoms with Crippen LogP contribution >= 0.6 is 0 Å². The smallest absolute Gasteiger partial charge is 0.176 e. The van der Waals surface area contributed by atoms with Crippen molar-refractivity contribution in [1.29, 1.82) is 0 Å². The topological polar surface area (TPSA) is 40.5 Å². The van der Waals surface area contributed by atoms with Crippen molar-refractivity contribution in [1.82, 2.24) is 4.90 Å². The van der Waals surface area contributed by atoms with Gasteiger partial charge in [-0.3, -0.25) is 9.69 Å². The third-order valence-corrected chi connectivity index (χ3v) is 3.80. The molecule has 1 aromatic carbocycles. The second-order valence-corrected chi connectivity index (χ2v) is 5.18. The fourth-order valence-electron chi connectivity index (χ4n) is 2.69. The number of benzene rings is 1. The van der Waals surface area contributed by atoms with Crippen LogP contribution in [0.25, 0.3) is 0 Å². The van der Waals surface area contributed by atoms with Crippen molar-refractivity contribution >= 4 is 5.78 Å². The first-order chi connectivity index (χ1) is 9.61. The van der Waals surface area contributed by atoms with Crippen LogP contribution in [0.5, 0.6) is 0 Å². The first kappa shape index (κ1) is 15.1. The Kier molecular flexibility index (Phi) is 5.20. The van der Waals surface area contributed by atoms with E-state index in [4.69, 9.17) is 5.11 Å². The number of hydrogen-bond acceptors (Lipinski definition) is 3. The zero-order valence-corrected chi connectivity index (χ0v) is 11.3. The summed E-state index contributed by atoms with van der Waals surface area (Å²) in [4.78, 5) is 14.2. The van der Waals surface area contributed by atoms with Crippen molar-refractivity contribution in [2.45, 2.75) is 31.7 Å². The van der Waals surface area contributed by atoms with Crippen LogP contribution in [-0.2, 0) is 0 Å². The van der Waals surface area contributed by atoms with Crippen LogP contribution in [0.1, 0.15) is 36.0 Å². The molecule has 110 valence electrons. The predicted molar refractivity (Wildman–Crippen MR) is 71.6 cm³/mol. The van der Waals surface area contributed by atoms with Crippen LogP contribution in [0.15, 0.2) is 18.2 Å². The molecular formula is C15H19F2NO2. The van der Waals surface area contributed by atoms with E-state index in [2.05, 4.69) is 0 Å². The van der Waals surface area contributed by atoms with Gasteiger partial charge in [-0.2, -0.15) is 0 Å². The molecule has 1 saturated heterocycles. The molecule has 1 unspecified atom stereocenters. The van der Waals surface area contributed by atoms with Gasteiger partial charge >= 0.3 is 0 Å². The van der Waals surface area contributed by atoms with Crippen molar-refractivity contribution in [3.8, 4) is 0 Å². The molecule has 1 heterocycles. The van der Waals surface area contributed by atoms with Gasteiger partial charge in [-0.1, -0.05) is 6.42 Å². The highest BCUT2D eigenvalue weighted by molar-refractivity contribution is 5.97. The van der Waals surface area contributed by atoms with E-state index in [0.29, 0.717) is 6.42 Å². The van der Waals surface area contributed by atoms with Crippen molar-refractivity contribution < 1.29 is 18.7 Å². The van der Waals surface area contributed by atoms with Gasteiger partial charge in [0.15, 0.2) is 17.4 Å². The lowest BCUT2D eigenvalue weighted by molar-refractivity contribution is 0.0798. The lowest BCUT2D eigenvalue weighted by atomic mass is 9.98. The maximum absolute atomic E-state index is 13.1. The van der Waals surface area contributed by atoms with E-state index in [1.54, 1.807) is 0 Å². The number of likely N-dealkylation sites (tertiary alicyclic amines) is 1. The van der Waals surface area contributed by atoms with E-state index in [1.807, 2.05) is 4.90 Å². The number of piperidine rings is 1. The number of ketones is 1. The third kappa shape index (κ3) is 3.61. The monoisotopic (exact) mass is 283 g/mol. The number of Topliss-reactive ketones (excluding diaryl/α,β-unsaturated/α-hetero) is 1. The van der Waals surface area contributed by atoms with Gasteiger partial charge < -0.3 is 5.11 Å². The second kappa shape index (κ2) is 6.90. The molecule has 5 heteroatoms. The van der Waals surface area contributed by atoms with Crippen LogP contribution in [0.4, 0.5) is 8.78 Å². The molecule has 1 aliphatic rings. The van der Waals surface area contributed by atoms with Crippen molar-refractivity contribution in [3.05, 3.63) is 35.4 Å². The number of aliphatic hydroxyl groups excluding tert-OH is 1. The number of nitrogens with zero attached hydrogens (tertiary/aromatic N) is 1. The van der Waals surface area contributed by atoms with E-state index in [0.717, 1.165) is 37.9 Å². The largest absolute Gasteiger partial charge is 0.396 e. The van der Waals surface area contributed by atoms with Gasteiger partial charge in [0, 0.05) is 18.2 Å². The molecule has 2 rings (SSSR count). The van der Waals surface area contributed by atoms with Crippen LogP contribution in [0.3, 0.4) is 0 Å². The predicted octanol–water partition coefficient (Wildman–Crippen LogP) is 2.38. The van der Waals surface area contributed by atoms with Gasteiger partial charge in [0.2, 0.25) is 0 Å². The van der Waals surface area contributed by atoms with Gasteiger partial charge in [-0.05, 0) is 44.0 Å². The summed E-state index contributed by atoms with van der Waals surface area (Å²) in [6, 6.07) is 3.43. The summed E-state index contributed by atoms with van der Waals surface area (Å²) in [5.41, 5.74) is 0.192. The molecule has 1 atom stereocenters. The average molecular weight is 283 g/mol. The third-order valence-electron chi connectivity index (χ3n) is 3.80. The fourth-order valence-corrected chi connectivity index (χ4v) is 2.69. The van der Waals surface area contributed by atoms with Crippen molar-refractivity contribution in [3.63, 3.8) is 0 Å². The number of aliphatic hydroxyl groups is 1. The molecule has 0 saturated carbocycles. The number of carbonyl (C=O) groups excluding carboxylic acids is 1. The van der Waals surface area contributed by atoms with E-state index in [9.17, 15) is 13.6 Å². The van der Waals surface area contributed by atoms with Crippen LogP contribution in [0.2, 0.25) is 0 Å². The molecule has 1 fully saturated rings. The lowest BCUT2D eigenvalue weighted by Gasteiger charge is -2.34. The Hall–Kier alpha value is -1.33. The Morgan fingerprint density at radius 1 is 1.30 bits per heavy atom.